The molecule has 292 valence electrons. The topological polar surface area (TPSA) is 119 Å². The van der Waals surface area contributed by atoms with Crippen LogP contribution in [-0.2, 0) is 28.2 Å². The van der Waals surface area contributed by atoms with Gasteiger partial charge in [0, 0.05) is 12.8 Å². The number of hydrogen-bond donors (Lipinski definition) is 2. The molecule has 8 nitrogen and oxygen atoms in total. The minimum atomic E-state index is -4.76. The van der Waals surface area contributed by atoms with Gasteiger partial charge in [0.05, 0.1) is 6.61 Å². The Morgan fingerprint density at radius 1 is 0.529 bits per heavy atom. The van der Waals surface area contributed by atoms with Crippen molar-refractivity contribution in [2.75, 3.05) is 13.2 Å². The van der Waals surface area contributed by atoms with Crippen LogP contribution in [0.3, 0.4) is 0 Å². The Labute approximate surface area is 310 Å². The number of carbonyl (C=O) groups excluding carboxylic acids is 2. The first-order valence-corrected chi connectivity index (χ1v) is 21.3. The van der Waals surface area contributed by atoms with Crippen LogP contribution in [-0.4, -0.2) is 41.0 Å². The number of esters is 2. The highest BCUT2D eigenvalue weighted by Gasteiger charge is 2.22. The van der Waals surface area contributed by atoms with Crippen LogP contribution in [0, 0.1) is 0 Å². The zero-order valence-electron chi connectivity index (χ0n) is 32.0. The predicted molar refractivity (Wildman–Crippen MR) is 211 cm³/mol. The van der Waals surface area contributed by atoms with Gasteiger partial charge >= 0.3 is 19.8 Å². The fourth-order valence-corrected chi connectivity index (χ4v) is 5.40. The Bertz CT molecular complexity index is 1050. The number of unbranched alkanes of at least 4 members (excludes halogenated alkanes) is 13. The first-order chi connectivity index (χ1) is 24.8. The second-order valence-electron chi connectivity index (χ2n) is 12.9. The van der Waals surface area contributed by atoms with Gasteiger partial charge in [0.1, 0.15) is 6.61 Å². The fraction of sp³-hybridized carbons (Fsp3) is 0.667. The van der Waals surface area contributed by atoms with Crippen LogP contribution >= 0.6 is 7.82 Å². The first kappa shape index (κ1) is 48.5. The van der Waals surface area contributed by atoms with Crippen molar-refractivity contribution < 1.29 is 37.9 Å². The van der Waals surface area contributed by atoms with Crippen molar-refractivity contribution in [1.82, 2.24) is 0 Å². The Kier molecular flexibility index (Phi) is 35.4. The summed E-state index contributed by atoms with van der Waals surface area (Å²) in [7, 11) is -4.76. The third kappa shape index (κ3) is 40.1. The van der Waals surface area contributed by atoms with Crippen LogP contribution in [0.15, 0.2) is 72.9 Å². The van der Waals surface area contributed by atoms with E-state index in [1.165, 1.54) is 32.1 Å². The van der Waals surface area contributed by atoms with Crippen molar-refractivity contribution in [3.63, 3.8) is 0 Å². The van der Waals surface area contributed by atoms with E-state index in [1.807, 2.05) is 0 Å². The van der Waals surface area contributed by atoms with E-state index in [-0.39, 0.29) is 19.4 Å². The standard InChI is InChI=1S/C42H71O8P/c1-3-5-7-9-11-13-15-17-19-20-21-22-23-25-26-28-30-32-34-36-41(43)48-38-40(39-49-51(45,46)47)50-42(44)37-35-33-31-29-27-24-18-16-14-12-10-8-6-4-2/h5,7,11,13,16-19,21-22,25-26,40H,3-4,6,8-10,12,14-15,20,23-24,27-39H2,1-2H3,(H2,45,46,47)/b7-5+,13-11+,18-16+,19-17+,22-21+,26-25+/t40-/m1/s1. The summed E-state index contributed by atoms with van der Waals surface area (Å²) in [6.07, 6.45) is 47.6. The molecule has 0 bridgehead atoms. The molecule has 51 heavy (non-hydrogen) atoms. The lowest BCUT2D eigenvalue weighted by Gasteiger charge is -2.18. The fourth-order valence-electron chi connectivity index (χ4n) is 5.04. The van der Waals surface area contributed by atoms with Gasteiger partial charge in [0.2, 0.25) is 0 Å². The molecular formula is C42H71O8P. The van der Waals surface area contributed by atoms with Gasteiger partial charge in [-0.15, -0.1) is 0 Å². The smallest absolute Gasteiger partial charge is 0.462 e. The third-order valence-electron chi connectivity index (χ3n) is 7.96. The number of hydrogen-bond acceptors (Lipinski definition) is 6. The molecular weight excluding hydrogens is 663 g/mol. The molecule has 0 heterocycles. The monoisotopic (exact) mass is 734 g/mol. The maximum absolute atomic E-state index is 12.4. The average Bonchev–Trinajstić information content (AvgIpc) is 3.10. The first-order valence-electron chi connectivity index (χ1n) is 19.7. The lowest BCUT2D eigenvalue weighted by Crippen LogP contribution is -2.29. The second-order valence-corrected chi connectivity index (χ2v) is 14.1. The van der Waals surface area contributed by atoms with Crippen LogP contribution in [0.1, 0.15) is 162 Å². The maximum Gasteiger partial charge on any atom is 0.469 e. The highest BCUT2D eigenvalue weighted by molar-refractivity contribution is 7.46. The number of rotatable bonds is 35. The maximum atomic E-state index is 12.4. The van der Waals surface area contributed by atoms with Gasteiger partial charge in [-0.05, 0) is 83.5 Å². The van der Waals surface area contributed by atoms with Crippen LogP contribution in [0.5, 0.6) is 0 Å². The molecule has 0 spiro atoms. The number of carbonyl (C=O) groups is 2. The number of phosphoric ester groups is 1. The Morgan fingerprint density at radius 2 is 0.941 bits per heavy atom. The average molecular weight is 735 g/mol. The third-order valence-corrected chi connectivity index (χ3v) is 8.44. The predicted octanol–water partition coefficient (Wildman–Crippen LogP) is 11.9. The molecule has 0 aliphatic heterocycles. The van der Waals surface area contributed by atoms with E-state index in [4.69, 9.17) is 19.3 Å². The summed E-state index contributed by atoms with van der Waals surface area (Å²) in [4.78, 5) is 42.8. The lowest BCUT2D eigenvalue weighted by molar-refractivity contribution is -0.161. The van der Waals surface area contributed by atoms with E-state index in [9.17, 15) is 14.2 Å². The van der Waals surface area contributed by atoms with Gasteiger partial charge in [-0.2, -0.15) is 0 Å². The molecule has 0 aromatic heterocycles. The summed E-state index contributed by atoms with van der Waals surface area (Å²) >= 11 is 0. The molecule has 0 aliphatic carbocycles. The molecule has 0 aliphatic rings. The van der Waals surface area contributed by atoms with Crippen molar-refractivity contribution in [2.45, 2.75) is 168 Å². The van der Waals surface area contributed by atoms with Gasteiger partial charge in [0.15, 0.2) is 6.10 Å². The SMILES string of the molecule is CC/C=C/C/C=C/C/C=C/C/C=C/C/C=C/CCCCCC(=O)OC[C@H](COP(=O)(O)O)OC(=O)CCCCCCC/C=C/CCCCCCC. The van der Waals surface area contributed by atoms with Crippen molar-refractivity contribution in [3.05, 3.63) is 72.9 Å². The minimum Gasteiger partial charge on any atom is -0.462 e. The summed E-state index contributed by atoms with van der Waals surface area (Å²) < 4.78 is 26.3. The zero-order chi connectivity index (χ0) is 37.5. The summed E-state index contributed by atoms with van der Waals surface area (Å²) in [6, 6.07) is 0. The quantitative estimate of drug-likeness (QED) is 0.0286. The zero-order valence-corrected chi connectivity index (χ0v) is 32.9. The molecule has 0 aromatic carbocycles. The summed E-state index contributed by atoms with van der Waals surface area (Å²) in [5, 5.41) is 0. The Hall–Kier alpha value is -2.51. The van der Waals surface area contributed by atoms with E-state index in [2.05, 4.69) is 91.3 Å². The van der Waals surface area contributed by atoms with Gasteiger partial charge in [-0.3, -0.25) is 14.1 Å². The van der Waals surface area contributed by atoms with E-state index < -0.39 is 32.5 Å². The van der Waals surface area contributed by atoms with E-state index in [1.54, 1.807) is 0 Å². The molecule has 0 saturated carbocycles. The van der Waals surface area contributed by atoms with E-state index >= 15 is 0 Å². The molecule has 2 N–H and O–H groups in total. The summed E-state index contributed by atoms with van der Waals surface area (Å²) in [6.45, 7) is 3.51. The normalized spacial score (nSPS) is 13.3. The van der Waals surface area contributed by atoms with Crippen molar-refractivity contribution >= 4 is 19.8 Å². The molecule has 0 saturated heterocycles. The van der Waals surface area contributed by atoms with Crippen LogP contribution in [0.4, 0.5) is 0 Å². The molecule has 0 unspecified atom stereocenters. The molecule has 0 rings (SSSR count). The van der Waals surface area contributed by atoms with E-state index in [0.29, 0.717) is 12.8 Å². The number of ether oxygens (including phenoxy) is 2. The second kappa shape index (κ2) is 37.3. The summed E-state index contributed by atoms with van der Waals surface area (Å²) in [5.41, 5.74) is 0. The number of phosphoric acid groups is 1. The molecule has 0 fully saturated rings. The Balaban J connectivity index is 4.04. The van der Waals surface area contributed by atoms with Crippen LogP contribution in [0.25, 0.3) is 0 Å². The highest BCUT2D eigenvalue weighted by Crippen LogP contribution is 2.36. The van der Waals surface area contributed by atoms with Crippen molar-refractivity contribution in [3.8, 4) is 0 Å². The molecule has 9 heteroatoms. The largest absolute Gasteiger partial charge is 0.469 e. The van der Waals surface area contributed by atoms with E-state index in [0.717, 1.165) is 89.9 Å². The number of allylic oxidation sites excluding steroid dienone is 12. The lowest BCUT2D eigenvalue weighted by atomic mass is 10.1. The highest BCUT2D eigenvalue weighted by atomic mass is 31.2. The van der Waals surface area contributed by atoms with Gasteiger partial charge in [-0.1, -0.05) is 138 Å². The van der Waals surface area contributed by atoms with Crippen molar-refractivity contribution in [2.24, 2.45) is 0 Å². The minimum absolute atomic E-state index is 0.191. The van der Waals surface area contributed by atoms with Gasteiger partial charge in [0.25, 0.3) is 0 Å². The van der Waals surface area contributed by atoms with Crippen molar-refractivity contribution in [1.29, 1.82) is 0 Å². The molecule has 1 atom stereocenters. The molecule has 0 amide bonds. The Morgan fingerprint density at radius 3 is 1.45 bits per heavy atom. The molecule has 0 aromatic rings. The van der Waals surface area contributed by atoms with Gasteiger partial charge < -0.3 is 19.3 Å². The van der Waals surface area contributed by atoms with Crippen LogP contribution < -0.4 is 0 Å². The van der Waals surface area contributed by atoms with Crippen LogP contribution in [0.2, 0.25) is 0 Å². The molecule has 0 radical (unpaired) electrons. The summed E-state index contributed by atoms with van der Waals surface area (Å²) in [5.74, 6) is -0.939. The van der Waals surface area contributed by atoms with Gasteiger partial charge in [-0.25, -0.2) is 4.57 Å².